The van der Waals surface area contributed by atoms with Gasteiger partial charge in [-0.2, -0.15) is 18.4 Å². The van der Waals surface area contributed by atoms with Gasteiger partial charge in [0.2, 0.25) is 11.8 Å². The number of anilines is 1. The Morgan fingerprint density at radius 1 is 1.31 bits per heavy atom. The summed E-state index contributed by atoms with van der Waals surface area (Å²) in [6, 6.07) is 2.79. The number of carbonyl (C=O) groups is 2. The number of likely N-dealkylation sites (tertiary alicyclic amines) is 1. The Kier molecular flexibility index (Phi) is 4.70. The van der Waals surface area contributed by atoms with Crippen LogP contribution in [0.3, 0.4) is 0 Å². The molecule has 2 amide bonds. The Balaban J connectivity index is 1.41. The molecule has 1 aromatic rings. The van der Waals surface area contributed by atoms with E-state index < -0.39 is 41.5 Å². The normalized spacial score (nSPS) is 33.2. The molecule has 0 unspecified atom stereocenters. The van der Waals surface area contributed by atoms with Crippen LogP contribution in [0.1, 0.15) is 12.0 Å². The van der Waals surface area contributed by atoms with Crippen LogP contribution in [0.2, 0.25) is 5.02 Å². The Labute approximate surface area is 168 Å². The quantitative estimate of drug-likeness (QED) is 0.710. The molecule has 3 fully saturated rings. The molecule has 7 nitrogen and oxygen atoms in total. The zero-order valence-corrected chi connectivity index (χ0v) is 15.6. The van der Waals surface area contributed by atoms with Crippen molar-refractivity contribution in [3.8, 4) is 6.07 Å². The van der Waals surface area contributed by atoms with Gasteiger partial charge in [0.15, 0.2) is 0 Å². The molecule has 154 valence electrons. The third kappa shape index (κ3) is 3.04. The van der Waals surface area contributed by atoms with E-state index in [4.69, 9.17) is 11.6 Å². The maximum Gasteiger partial charge on any atom is 0.417 e. The average Bonchev–Trinajstić information content (AvgIpc) is 3.26. The maximum atomic E-state index is 12.7. The Hall–Kier alpha value is -2.38. The van der Waals surface area contributed by atoms with Crippen molar-refractivity contribution in [2.45, 2.75) is 18.7 Å². The summed E-state index contributed by atoms with van der Waals surface area (Å²) in [5.74, 6) is -3.30. The SMILES string of the molecule is N#C[C@H]1[C@@H](O)[C@H]2C[C@@H]1[C@H]1C(=O)N(CCNc3ncc(C(F)(F)F)cc3Cl)C(=O)[C@@H]21. The van der Waals surface area contributed by atoms with Crippen molar-refractivity contribution in [1.82, 2.24) is 9.88 Å². The molecule has 2 heterocycles. The number of nitriles is 1. The van der Waals surface area contributed by atoms with Crippen molar-refractivity contribution >= 4 is 29.2 Å². The highest BCUT2D eigenvalue weighted by atomic mass is 35.5. The van der Waals surface area contributed by atoms with Gasteiger partial charge in [0.25, 0.3) is 0 Å². The smallest absolute Gasteiger partial charge is 0.391 e. The van der Waals surface area contributed by atoms with Crippen LogP contribution in [-0.2, 0) is 15.8 Å². The number of nitrogens with zero attached hydrogens (tertiary/aromatic N) is 3. The van der Waals surface area contributed by atoms with E-state index in [1.165, 1.54) is 0 Å². The minimum Gasteiger partial charge on any atom is -0.391 e. The third-order valence-electron chi connectivity index (χ3n) is 6.17. The van der Waals surface area contributed by atoms with Crippen molar-refractivity contribution in [3.05, 3.63) is 22.8 Å². The second-order valence-corrected chi connectivity index (χ2v) is 7.97. The summed E-state index contributed by atoms with van der Waals surface area (Å²) in [4.78, 5) is 30.2. The number of aromatic nitrogens is 1. The molecule has 0 radical (unpaired) electrons. The Bertz CT molecular complexity index is 919. The van der Waals surface area contributed by atoms with E-state index in [9.17, 15) is 33.1 Å². The Morgan fingerprint density at radius 2 is 1.97 bits per heavy atom. The van der Waals surface area contributed by atoms with E-state index in [-0.39, 0.29) is 41.7 Å². The van der Waals surface area contributed by atoms with Gasteiger partial charge in [0.05, 0.1) is 40.5 Å². The fourth-order valence-corrected chi connectivity index (χ4v) is 5.16. The highest BCUT2D eigenvalue weighted by Crippen LogP contribution is 2.58. The van der Waals surface area contributed by atoms with Crippen LogP contribution in [-0.4, -0.2) is 46.0 Å². The summed E-state index contributed by atoms with van der Waals surface area (Å²) in [5.41, 5.74) is -0.980. The summed E-state index contributed by atoms with van der Waals surface area (Å²) in [5, 5.41) is 22.0. The number of imide groups is 1. The van der Waals surface area contributed by atoms with E-state index >= 15 is 0 Å². The van der Waals surface area contributed by atoms with Gasteiger partial charge >= 0.3 is 6.18 Å². The molecule has 6 atom stereocenters. The second-order valence-electron chi connectivity index (χ2n) is 7.57. The van der Waals surface area contributed by atoms with E-state index in [0.29, 0.717) is 12.6 Å². The molecule has 2 saturated carbocycles. The summed E-state index contributed by atoms with van der Waals surface area (Å²) in [7, 11) is 0. The number of hydrogen-bond donors (Lipinski definition) is 2. The summed E-state index contributed by atoms with van der Waals surface area (Å²) in [6.07, 6.45) is -4.34. The van der Waals surface area contributed by atoms with E-state index in [0.717, 1.165) is 11.0 Å². The monoisotopic (exact) mass is 428 g/mol. The van der Waals surface area contributed by atoms with Gasteiger partial charge in [-0.3, -0.25) is 14.5 Å². The van der Waals surface area contributed by atoms with E-state index in [2.05, 4.69) is 10.3 Å². The van der Waals surface area contributed by atoms with Crippen LogP contribution in [0, 0.1) is 40.9 Å². The minimum absolute atomic E-state index is 0.0130. The van der Waals surface area contributed by atoms with Gasteiger partial charge in [-0.25, -0.2) is 4.98 Å². The predicted molar refractivity (Wildman–Crippen MR) is 93.1 cm³/mol. The van der Waals surface area contributed by atoms with Gasteiger partial charge in [-0.05, 0) is 24.3 Å². The topological polar surface area (TPSA) is 106 Å². The predicted octanol–water partition coefficient (Wildman–Crippen LogP) is 1.92. The van der Waals surface area contributed by atoms with Gasteiger partial charge in [0, 0.05) is 19.3 Å². The minimum atomic E-state index is -4.56. The van der Waals surface area contributed by atoms with Crippen LogP contribution >= 0.6 is 11.6 Å². The number of pyridine rings is 1. The highest BCUT2D eigenvalue weighted by Gasteiger charge is 2.67. The zero-order chi connectivity index (χ0) is 21.1. The summed E-state index contributed by atoms with van der Waals surface area (Å²) in [6.45, 7) is 0.0328. The first-order valence-electron chi connectivity index (χ1n) is 9.04. The Morgan fingerprint density at radius 3 is 2.55 bits per heavy atom. The number of amides is 2. The van der Waals surface area contributed by atoms with Crippen LogP contribution < -0.4 is 5.32 Å². The average molecular weight is 429 g/mol. The molecular weight excluding hydrogens is 413 g/mol. The number of alkyl halides is 3. The van der Waals surface area contributed by atoms with Gasteiger partial charge in [0.1, 0.15) is 5.82 Å². The first-order valence-corrected chi connectivity index (χ1v) is 9.42. The molecule has 3 aliphatic rings. The molecule has 2 bridgehead atoms. The molecule has 1 saturated heterocycles. The number of rotatable bonds is 4. The zero-order valence-electron chi connectivity index (χ0n) is 14.9. The number of halogens is 4. The van der Waals surface area contributed by atoms with Gasteiger partial charge in [-0.1, -0.05) is 11.6 Å². The van der Waals surface area contributed by atoms with E-state index in [1.54, 1.807) is 0 Å². The molecule has 2 N–H and O–H groups in total. The molecule has 2 aliphatic carbocycles. The van der Waals surface area contributed by atoms with Crippen molar-refractivity contribution in [1.29, 1.82) is 5.26 Å². The van der Waals surface area contributed by atoms with Gasteiger partial charge < -0.3 is 10.4 Å². The molecule has 0 spiro atoms. The number of nitrogens with one attached hydrogen (secondary N) is 1. The molecule has 1 aliphatic heterocycles. The lowest BCUT2D eigenvalue weighted by molar-refractivity contribution is -0.141. The van der Waals surface area contributed by atoms with Crippen LogP contribution in [0.5, 0.6) is 0 Å². The number of fused-ring (bicyclic) bond motifs is 5. The first-order chi connectivity index (χ1) is 13.6. The van der Waals surface area contributed by atoms with Crippen molar-refractivity contribution in [3.63, 3.8) is 0 Å². The molecule has 11 heteroatoms. The molecule has 29 heavy (non-hydrogen) atoms. The van der Waals surface area contributed by atoms with Crippen molar-refractivity contribution in [2.24, 2.45) is 29.6 Å². The van der Waals surface area contributed by atoms with Crippen LogP contribution in [0.15, 0.2) is 12.3 Å². The largest absolute Gasteiger partial charge is 0.417 e. The summed E-state index contributed by atoms with van der Waals surface area (Å²) < 4.78 is 38.0. The standard InChI is InChI=1S/C18H16ClF3N4O3/c19-11-3-7(18(20,21)22)6-25-15(11)24-1-2-26-16(28)12-8-4-9(13(12)17(26)29)14(27)10(8)5-23/h3,6,8-10,12-14,27H,1-2,4H2,(H,24,25)/t8-,9-,10+,12+,13-,14-/m0/s1. The lowest BCUT2D eigenvalue weighted by Gasteiger charge is -2.28. The first kappa shape index (κ1) is 19.9. The molecule has 0 aromatic carbocycles. The second kappa shape index (κ2) is 6.85. The molecular formula is C18H16ClF3N4O3. The van der Waals surface area contributed by atoms with E-state index in [1.807, 2.05) is 6.07 Å². The van der Waals surface area contributed by atoms with Gasteiger partial charge in [-0.15, -0.1) is 0 Å². The fraction of sp³-hybridized carbons (Fsp3) is 0.556. The van der Waals surface area contributed by atoms with Crippen LogP contribution in [0.4, 0.5) is 19.0 Å². The maximum absolute atomic E-state index is 12.7. The molecule has 4 rings (SSSR count). The fourth-order valence-electron chi connectivity index (χ4n) is 4.93. The summed E-state index contributed by atoms with van der Waals surface area (Å²) >= 11 is 5.83. The highest BCUT2D eigenvalue weighted by molar-refractivity contribution is 6.33. The van der Waals surface area contributed by atoms with Crippen molar-refractivity contribution < 1.29 is 27.9 Å². The number of carbonyl (C=O) groups excluding carboxylic acids is 2. The lowest BCUT2D eigenvalue weighted by atomic mass is 9.74. The van der Waals surface area contributed by atoms with Crippen molar-refractivity contribution in [2.75, 3.05) is 18.4 Å². The van der Waals surface area contributed by atoms with Crippen LogP contribution in [0.25, 0.3) is 0 Å². The molecule has 1 aromatic heterocycles. The lowest BCUT2D eigenvalue weighted by Crippen LogP contribution is -2.39. The number of aliphatic hydroxyl groups is 1. The number of aliphatic hydroxyl groups excluding tert-OH is 1. The third-order valence-corrected chi connectivity index (χ3v) is 6.46. The number of hydrogen-bond acceptors (Lipinski definition) is 6.